The summed E-state index contributed by atoms with van der Waals surface area (Å²) in [6, 6.07) is 0. The Hall–Kier alpha value is 0. The van der Waals surface area contributed by atoms with Gasteiger partial charge in [-0.15, -0.1) is 0 Å². The van der Waals surface area contributed by atoms with Crippen molar-refractivity contribution in [1.82, 2.24) is 0 Å². The molecule has 0 nitrogen and oxygen atoms in total. The van der Waals surface area contributed by atoms with E-state index in [1.54, 1.807) is 0 Å². The van der Waals surface area contributed by atoms with E-state index in [9.17, 15) is 0 Å². The third kappa shape index (κ3) is 7.37. The Kier molecular flexibility index (Phi) is 9.03. The third-order valence-corrected chi connectivity index (χ3v) is 5.11. The molecule has 0 spiro atoms. The maximum Gasteiger partial charge on any atom is -0.0354 e. The molecule has 0 radical (unpaired) electrons. The van der Waals surface area contributed by atoms with Crippen molar-refractivity contribution < 1.29 is 0 Å². The van der Waals surface area contributed by atoms with E-state index in [1.807, 2.05) is 0 Å². The van der Waals surface area contributed by atoms with Crippen molar-refractivity contribution in [3.05, 3.63) is 0 Å². The van der Waals surface area contributed by atoms with Crippen molar-refractivity contribution in [2.24, 2.45) is 29.1 Å². The number of hydrogen-bond donors (Lipinski definition) is 0. The highest BCUT2D eigenvalue weighted by molar-refractivity contribution is 4.77. The molecule has 0 aromatic carbocycles. The summed E-state index contributed by atoms with van der Waals surface area (Å²) in [5.41, 5.74) is 0.469. The summed E-state index contributed by atoms with van der Waals surface area (Å²) >= 11 is 0. The van der Waals surface area contributed by atoms with Gasteiger partial charge in [-0.2, -0.15) is 0 Å². The summed E-state index contributed by atoms with van der Waals surface area (Å²) in [5.74, 6) is 3.62. The molecular weight excluding hydrogens is 228 g/mol. The largest absolute Gasteiger partial charge is 0.0651 e. The average molecular weight is 269 g/mol. The molecule has 2 atom stereocenters. The molecule has 0 aliphatic heterocycles. The molecule has 0 heterocycles. The zero-order chi connectivity index (χ0) is 15.1. The van der Waals surface area contributed by atoms with Crippen molar-refractivity contribution in [3.8, 4) is 0 Å². The van der Waals surface area contributed by atoms with Gasteiger partial charge in [-0.25, -0.2) is 0 Å². The molecule has 1 unspecified atom stereocenters. The van der Waals surface area contributed by atoms with Crippen LogP contribution in [0.5, 0.6) is 0 Å². The molecule has 0 N–H and O–H groups in total. The first-order valence-electron chi connectivity index (χ1n) is 8.76. The highest BCUT2D eigenvalue weighted by Crippen LogP contribution is 2.37. The van der Waals surface area contributed by atoms with Crippen LogP contribution in [0.3, 0.4) is 0 Å². The van der Waals surface area contributed by atoms with Gasteiger partial charge in [0.2, 0.25) is 0 Å². The molecule has 116 valence electrons. The minimum atomic E-state index is 0.469. The molecule has 0 aliphatic carbocycles. The Labute approximate surface area is 123 Å². The molecule has 0 saturated heterocycles. The molecule has 0 aliphatic rings. The fraction of sp³-hybridized carbons (Fsp3) is 1.00. The van der Waals surface area contributed by atoms with Crippen LogP contribution < -0.4 is 0 Å². The second-order valence-corrected chi connectivity index (χ2v) is 8.01. The maximum absolute atomic E-state index is 2.43. The normalized spacial score (nSPS) is 16.1. The van der Waals surface area contributed by atoms with Crippen LogP contribution in [0.4, 0.5) is 0 Å². The summed E-state index contributed by atoms with van der Waals surface area (Å²) in [6.07, 6.45) is 8.35. The number of hydrogen-bond acceptors (Lipinski definition) is 0. The minimum absolute atomic E-state index is 0.469. The van der Waals surface area contributed by atoms with Crippen LogP contribution in [0.1, 0.15) is 93.9 Å². The molecular formula is C19H40. The summed E-state index contributed by atoms with van der Waals surface area (Å²) < 4.78 is 0. The van der Waals surface area contributed by atoms with Crippen LogP contribution >= 0.6 is 0 Å². The Morgan fingerprint density at radius 1 is 0.737 bits per heavy atom. The summed E-state index contributed by atoms with van der Waals surface area (Å²) in [4.78, 5) is 0. The zero-order valence-electron chi connectivity index (χ0n) is 15.1. The van der Waals surface area contributed by atoms with Crippen LogP contribution in [-0.2, 0) is 0 Å². The van der Waals surface area contributed by atoms with Crippen molar-refractivity contribution >= 4 is 0 Å². The zero-order valence-corrected chi connectivity index (χ0v) is 15.1. The van der Waals surface area contributed by atoms with Gasteiger partial charge in [0.15, 0.2) is 0 Å². The SMILES string of the molecule is CCC(CC)[C@H](CC)CCC(CC(C)C)C(C)(C)C. The summed E-state index contributed by atoms with van der Waals surface area (Å²) in [7, 11) is 0. The van der Waals surface area contributed by atoms with Gasteiger partial charge in [-0.1, -0.05) is 74.7 Å². The van der Waals surface area contributed by atoms with Gasteiger partial charge >= 0.3 is 0 Å². The van der Waals surface area contributed by atoms with Gasteiger partial charge in [-0.3, -0.25) is 0 Å². The molecule has 0 heteroatoms. The minimum Gasteiger partial charge on any atom is -0.0651 e. The third-order valence-electron chi connectivity index (χ3n) is 5.11. The molecule has 0 saturated carbocycles. The Morgan fingerprint density at radius 3 is 1.53 bits per heavy atom. The first-order valence-corrected chi connectivity index (χ1v) is 8.76. The Balaban J connectivity index is 4.51. The van der Waals surface area contributed by atoms with Crippen LogP contribution in [0.25, 0.3) is 0 Å². The average Bonchev–Trinajstić information content (AvgIpc) is 2.31. The first kappa shape index (κ1) is 19.0. The number of rotatable bonds is 9. The predicted molar refractivity (Wildman–Crippen MR) is 89.5 cm³/mol. The van der Waals surface area contributed by atoms with Crippen LogP contribution in [0.15, 0.2) is 0 Å². The topological polar surface area (TPSA) is 0 Å². The lowest BCUT2D eigenvalue weighted by molar-refractivity contribution is 0.164. The smallest absolute Gasteiger partial charge is 0.0354 e. The molecule has 0 amide bonds. The van der Waals surface area contributed by atoms with Crippen LogP contribution in [0, 0.1) is 29.1 Å². The highest BCUT2D eigenvalue weighted by Gasteiger charge is 2.27. The maximum atomic E-state index is 2.43. The van der Waals surface area contributed by atoms with E-state index in [0.29, 0.717) is 5.41 Å². The van der Waals surface area contributed by atoms with Crippen molar-refractivity contribution in [3.63, 3.8) is 0 Å². The molecule has 0 rings (SSSR count). The van der Waals surface area contributed by atoms with Gasteiger partial charge in [0, 0.05) is 0 Å². The van der Waals surface area contributed by atoms with E-state index in [-0.39, 0.29) is 0 Å². The van der Waals surface area contributed by atoms with E-state index in [4.69, 9.17) is 0 Å². The molecule has 19 heavy (non-hydrogen) atoms. The lowest BCUT2D eigenvalue weighted by Gasteiger charge is -2.34. The van der Waals surface area contributed by atoms with Gasteiger partial charge in [-0.05, 0) is 48.3 Å². The van der Waals surface area contributed by atoms with Crippen LogP contribution in [-0.4, -0.2) is 0 Å². The van der Waals surface area contributed by atoms with E-state index < -0.39 is 0 Å². The molecule has 0 aromatic heterocycles. The van der Waals surface area contributed by atoms with E-state index in [2.05, 4.69) is 55.4 Å². The molecule has 0 fully saturated rings. The quantitative estimate of drug-likeness (QED) is 0.425. The van der Waals surface area contributed by atoms with Gasteiger partial charge in [0.05, 0.1) is 0 Å². The van der Waals surface area contributed by atoms with Gasteiger partial charge < -0.3 is 0 Å². The fourth-order valence-corrected chi connectivity index (χ4v) is 3.62. The van der Waals surface area contributed by atoms with Crippen LogP contribution in [0.2, 0.25) is 0 Å². The van der Waals surface area contributed by atoms with Gasteiger partial charge in [0.1, 0.15) is 0 Å². The Morgan fingerprint density at radius 2 is 1.21 bits per heavy atom. The highest BCUT2D eigenvalue weighted by atomic mass is 14.3. The fourth-order valence-electron chi connectivity index (χ4n) is 3.62. The summed E-state index contributed by atoms with van der Waals surface area (Å²) in [5, 5.41) is 0. The standard InChI is InChI=1S/C19H40/c1-9-16(10-2)17(11-3)12-13-18(14-15(4)5)19(6,7)8/h15-18H,9-14H2,1-8H3/t17-,18?/m1/s1. The molecule has 0 bridgehead atoms. The predicted octanol–water partition coefficient (Wildman–Crippen LogP) is 6.94. The lowest BCUT2D eigenvalue weighted by Crippen LogP contribution is -2.24. The van der Waals surface area contributed by atoms with Crippen molar-refractivity contribution in [2.45, 2.75) is 93.9 Å². The van der Waals surface area contributed by atoms with E-state index >= 15 is 0 Å². The van der Waals surface area contributed by atoms with Crippen molar-refractivity contribution in [2.75, 3.05) is 0 Å². The molecule has 0 aromatic rings. The lowest BCUT2D eigenvalue weighted by atomic mass is 9.71. The van der Waals surface area contributed by atoms with Gasteiger partial charge in [0.25, 0.3) is 0 Å². The van der Waals surface area contributed by atoms with E-state index in [0.717, 1.165) is 23.7 Å². The second-order valence-electron chi connectivity index (χ2n) is 8.01. The summed E-state index contributed by atoms with van der Waals surface area (Å²) in [6.45, 7) is 19.2. The monoisotopic (exact) mass is 268 g/mol. The second kappa shape index (κ2) is 9.03. The van der Waals surface area contributed by atoms with E-state index in [1.165, 1.54) is 38.5 Å². The Bertz CT molecular complexity index is 205. The first-order chi connectivity index (χ1) is 8.76. The van der Waals surface area contributed by atoms with Crippen molar-refractivity contribution in [1.29, 1.82) is 0 Å².